The summed E-state index contributed by atoms with van der Waals surface area (Å²) in [6, 6.07) is 8.32. The fraction of sp³-hybridized carbons (Fsp3) is 0.452. The first-order chi connectivity index (χ1) is 18.9. The summed E-state index contributed by atoms with van der Waals surface area (Å²) in [5, 5.41) is 0. The van der Waals surface area contributed by atoms with Gasteiger partial charge < -0.3 is 18.6 Å². The standard InChI is InChI=1S/C31H41N3O5S/c1-10-37-30(35)31(7,8)39-29-20(2)13-25(14-21(29)3)17-34(19-28-33-15-22(4)38-28)18-27(24(6)36-9)32-16-26-12-11-23(5)40-26/h11-16H,10,17-19H2,1-9H3/b27-24-,32-16?. The number of aryl methyl sites for hydroxylation is 4. The number of hydrogen-bond acceptors (Lipinski definition) is 9. The Balaban J connectivity index is 1.89. The number of hydrogen-bond donors (Lipinski definition) is 0. The molecule has 2 heterocycles. The number of aromatic nitrogens is 1. The fourth-order valence-corrected chi connectivity index (χ4v) is 4.97. The summed E-state index contributed by atoms with van der Waals surface area (Å²) in [7, 11) is 1.66. The molecule has 0 saturated heterocycles. The lowest BCUT2D eigenvalue weighted by Crippen LogP contribution is -2.40. The number of oxazole rings is 1. The van der Waals surface area contributed by atoms with Crippen LogP contribution in [0.5, 0.6) is 5.75 Å². The van der Waals surface area contributed by atoms with Gasteiger partial charge in [-0.15, -0.1) is 11.3 Å². The van der Waals surface area contributed by atoms with Crippen molar-refractivity contribution < 1.29 is 23.4 Å². The minimum Gasteiger partial charge on any atom is -0.499 e. The van der Waals surface area contributed by atoms with Gasteiger partial charge in [0.2, 0.25) is 5.89 Å². The van der Waals surface area contributed by atoms with Gasteiger partial charge in [-0.2, -0.15) is 0 Å². The second-order valence-corrected chi connectivity index (χ2v) is 11.6. The van der Waals surface area contributed by atoms with E-state index in [1.807, 2.05) is 33.9 Å². The van der Waals surface area contributed by atoms with Crippen molar-refractivity contribution in [1.82, 2.24) is 9.88 Å². The molecular formula is C31H41N3O5S. The van der Waals surface area contributed by atoms with Crippen LogP contribution in [0.3, 0.4) is 0 Å². The van der Waals surface area contributed by atoms with E-state index < -0.39 is 11.6 Å². The zero-order chi connectivity index (χ0) is 29.4. The van der Waals surface area contributed by atoms with Crippen LogP contribution in [0, 0.1) is 27.7 Å². The molecule has 3 rings (SSSR count). The lowest BCUT2D eigenvalue weighted by atomic mass is 10.0. The summed E-state index contributed by atoms with van der Waals surface area (Å²) in [6.45, 7) is 17.0. The van der Waals surface area contributed by atoms with Gasteiger partial charge in [0.1, 0.15) is 17.3 Å². The number of carbonyl (C=O) groups excluding carboxylic acids is 1. The van der Waals surface area contributed by atoms with E-state index in [9.17, 15) is 4.79 Å². The topological polar surface area (TPSA) is 86.4 Å². The largest absolute Gasteiger partial charge is 0.499 e. The maximum Gasteiger partial charge on any atom is 0.349 e. The molecule has 0 aliphatic heterocycles. The zero-order valence-electron chi connectivity index (χ0n) is 25.1. The molecule has 0 spiro atoms. The molecule has 0 amide bonds. The molecule has 2 aromatic heterocycles. The van der Waals surface area contributed by atoms with E-state index in [-0.39, 0.29) is 0 Å². The summed E-state index contributed by atoms with van der Waals surface area (Å²) in [5.41, 5.74) is 2.69. The van der Waals surface area contributed by atoms with Gasteiger partial charge in [0.25, 0.3) is 0 Å². The first kappa shape index (κ1) is 31.1. The minimum absolute atomic E-state index is 0.304. The predicted octanol–water partition coefficient (Wildman–Crippen LogP) is 6.69. The van der Waals surface area contributed by atoms with Crippen LogP contribution < -0.4 is 4.74 Å². The van der Waals surface area contributed by atoms with E-state index in [0.29, 0.717) is 37.9 Å². The molecule has 0 unspecified atom stereocenters. The molecule has 8 nitrogen and oxygen atoms in total. The molecule has 3 aromatic rings. The third-order valence-electron chi connectivity index (χ3n) is 6.27. The highest BCUT2D eigenvalue weighted by atomic mass is 32.1. The van der Waals surface area contributed by atoms with Crippen molar-refractivity contribution in [2.24, 2.45) is 4.99 Å². The molecule has 0 fully saturated rings. The molecule has 0 bridgehead atoms. The van der Waals surface area contributed by atoms with Crippen molar-refractivity contribution in [3.8, 4) is 5.75 Å². The summed E-state index contributed by atoms with van der Waals surface area (Å²) in [5.74, 6) is 2.44. The molecule has 40 heavy (non-hydrogen) atoms. The van der Waals surface area contributed by atoms with Gasteiger partial charge in [0.05, 0.1) is 32.2 Å². The van der Waals surface area contributed by atoms with Crippen molar-refractivity contribution in [2.45, 2.75) is 74.1 Å². The van der Waals surface area contributed by atoms with Crippen molar-refractivity contribution >= 4 is 23.5 Å². The Labute approximate surface area is 241 Å². The third kappa shape index (κ3) is 8.53. The molecule has 9 heteroatoms. The maximum atomic E-state index is 12.4. The van der Waals surface area contributed by atoms with E-state index in [0.717, 1.165) is 38.8 Å². The van der Waals surface area contributed by atoms with E-state index in [4.69, 9.17) is 23.6 Å². The van der Waals surface area contributed by atoms with Gasteiger partial charge in [-0.1, -0.05) is 12.1 Å². The van der Waals surface area contributed by atoms with Gasteiger partial charge in [-0.3, -0.25) is 9.89 Å². The van der Waals surface area contributed by atoms with Crippen molar-refractivity contribution in [3.63, 3.8) is 0 Å². The van der Waals surface area contributed by atoms with E-state index in [1.54, 1.807) is 45.4 Å². The van der Waals surface area contributed by atoms with Crippen LogP contribution in [-0.2, 0) is 27.4 Å². The number of ether oxygens (including phenoxy) is 3. The van der Waals surface area contributed by atoms with Crippen molar-refractivity contribution in [2.75, 3.05) is 20.3 Å². The van der Waals surface area contributed by atoms with Crippen LogP contribution in [0.2, 0.25) is 0 Å². The lowest BCUT2D eigenvalue weighted by Gasteiger charge is -2.27. The van der Waals surface area contributed by atoms with Gasteiger partial charge in [0, 0.05) is 29.1 Å². The Kier molecular flexibility index (Phi) is 10.7. The molecule has 0 atom stereocenters. The van der Waals surface area contributed by atoms with Crippen molar-refractivity contribution in [1.29, 1.82) is 0 Å². The highest BCUT2D eigenvalue weighted by molar-refractivity contribution is 7.13. The average molecular weight is 568 g/mol. The lowest BCUT2D eigenvalue weighted by molar-refractivity contribution is -0.158. The predicted molar refractivity (Wildman–Crippen MR) is 159 cm³/mol. The maximum absolute atomic E-state index is 12.4. The number of benzene rings is 1. The van der Waals surface area contributed by atoms with Gasteiger partial charge in [-0.05, 0) is 84.2 Å². The number of methoxy groups -OCH3 is 1. The highest BCUT2D eigenvalue weighted by Gasteiger charge is 2.32. The Morgan fingerprint density at radius 3 is 2.40 bits per heavy atom. The Morgan fingerprint density at radius 2 is 1.85 bits per heavy atom. The van der Waals surface area contributed by atoms with E-state index in [2.05, 4.69) is 41.1 Å². The van der Waals surface area contributed by atoms with E-state index >= 15 is 0 Å². The first-order valence-electron chi connectivity index (χ1n) is 13.4. The SMILES string of the molecule is CCOC(=O)C(C)(C)Oc1c(C)cc(CN(C/C(N=Cc2ccc(C)s2)=C(\C)OC)Cc2ncc(C)o2)cc1C. The average Bonchev–Trinajstić information content (AvgIpc) is 3.50. The molecule has 0 aliphatic rings. The van der Waals surface area contributed by atoms with Crippen molar-refractivity contribution in [3.05, 3.63) is 80.0 Å². The van der Waals surface area contributed by atoms with Crippen LogP contribution >= 0.6 is 11.3 Å². The number of esters is 1. The Morgan fingerprint density at radius 1 is 1.15 bits per heavy atom. The second-order valence-electron chi connectivity index (χ2n) is 10.3. The smallest absolute Gasteiger partial charge is 0.349 e. The molecule has 1 aromatic carbocycles. The number of thiophene rings is 1. The quantitative estimate of drug-likeness (QED) is 0.129. The van der Waals surface area contributed by atoms with Crippen LogP contribution in [0.4, 0.5) is 0 Å². The number of carbonyl (C=O) groups is 1. The summed E-state index contributed by atoms with van der Waals surface area (Å²) < 4.78 is 22.8. The van der Waals surface area contributed by atoms with Gasteiger partial charge in [-0.25, -0.2) is 9.78 Å². The molecule has 0 N–H and O–H groups in total. The number of nitrogens with zero attached hydrogens (tertiary/aromatic N) is 3. The monoisotopic (exact) mass is 567 g/mol. The molecular weight excluding hydrogens is 526 g/mol. The number of aliphatic imine (C=N–C) groups is 1. The summed E-state index contributed by atoms with van der Waals surface area (Å²) in [4.78, 5) is 26.2. The van der Waals surface area contributed by atoms with Crippen LogP contribution in [0.25, 0.3) is 0 Å². The number of rotatable bonds is 13. The molecule has 0 aliphatic carbocycles. The second kappa shape index (κ2) is 13.8. The first-order valence-corrected chi connectivity index (χ1v) is 14.2. The van der Waals surface area contributed by atoms with E-state index in [1.165, 1.54) is 4.88 Å². The van der Waals surface area contributed by atoms with Crippen LogP contribution in [0.15, 0.2) is 51.3 Å². The van der Waals surface area contributed by atoms with Crippen LogP contribution in [0.1, 0.15) is 65.8 Å². The third-order valence-corrected chi connectivity index (χ3v) is 7.21. The molecule has 0 radical (unpaired) electrons. The number of allylic oxidation sites excluding steroid dienone is 1. The van der Waals surface area contributed by atoms with Gasteiger partial charge in [0.15, 0.2) is 5.60 Å². The molecule has 0 saturated carbocycles. The Hall–Kier alpha value is -3.43. The van der Waals surface area contributed by atoms with Crippen LogP contribution in [-0.4, -0.2) is 47.9 Å². The normalized spacial score (nSPS) is 12.7. The summed E-state index contributed by atoms with van der Waals surface area (Å²) in [6.07, 6.45) is 3.61. The minimum atomic E-state index is -1.10. The Bertz CT molecular complexity index is 1350. The highest BCUT2D eigenvalue weighted by Crippen LogP contribution is 2.30. The van der Waals surface area contributed by atoms with Gasteiger partial charge >= 0.3 is 5.97 Å². The summed E-state index contributed by atoms with van der Waals surface area (Å²) >= 11 is 1.70. The fourth-order valence-electron chi connectivity index (χ4n) is 4.22. The zero-order valence-corrected chi connectivity index (χ0v) is 25.9. The molecule has 216 valence electrons.